The van der Waals surface area contributed by atoms with Gasteiger partial charge < -0.3 is 15.2 Å². The quantitative estimate of drug-likeness (QED) is 0.397. The molecule has 1 aliphatic carbocycles. The SMILES string of the molecule is O=C(O)N1CC2(CC(/C(Cl)=N/O)C2)C1. The van der Waals surface area contributed by atoms with Crippen LogP contribution in [0.1, 0.15) is 12.8 Å². The molecule has 0 radical (unpaired) electrons. The van der Waals surface area contributed by atoms with Crippen molar-refractivity contribution in [3.05, 3.63) is 0 Å². The number of hydrogen-bond acceptors (Lipinski definition) is 3. The zero-order valence-electron chi connectivity index (χ0n) is 7.48. The third-order valence-electron chi connectivity index (χ3n) is 3.11. The second kappa shape index (κ2) is 3.02. The van der Waals surface area contributed by atoms with Crippen LogP contribution in [0.4, 0.5) is 4.79 Å². The van der Waals surface area contributed by atoms with Gasteiger partial charge in [0.15, 0.2) is 0 Å². The van der Waals surface area contributed by atoms with Gasteiger partial charge in [-0.05, 0) is 12.8 Å². The molecule has 0 aromatic carbocycles. The van der Waals surface area contributed by atoms with Crippen molar-refractivity contribution in [3.8, 4) is 0 Å². The van der Waals surface area contributed by atoms with Crippen LogP contribution in [0.15, 0.2) is 5.16 Å². The van der Waals surface area contributed by atoms with E-state index in [4.69, 9.17) is 21.9 Å². The molecule has 1 saturated heterocycles. The highest BCUT2D eigenvalue weighted by molar-refractivity contribution is 6.65. The fourth-order valence-corrected chi connectivity index (χ4v) is 2.55. The molecule has 2 N–H and O–H groups in total. The van der Waals surface area contributed by atoms with Crippen LogP contribution < -0.4 is 0 Å². The molecule has 5 nitrogen and oxygen atoms in total. The number of amides is 1. The van der Waals surface area contributed by atoms with Crippen LogP contribution in [0.2, 0.25) is 0 Å². The van der Waals surface area contributed by atoms with Crippen molar-refractivity contribution >= 4 is 22.9 Å². The van der Waals surface area contributed by atoms with E-state index in [1.807, 2.05) is 0 Å². The van der Waals surface area contributed by atoms with Crippen LogP contribution in [0.3, 0.4) is 0 Å². The third kappa shape index (κ3) is 1.32. The molecular weight excluding hydrogens is 208 g/mol. The summed E-state index contributed by atoms with van der Waals surface area (Å²) in [6.07, 6.45) is 0.806. The summed E-state index contributed by atoms with van der Waals surface area (Å²) in [5, 5.41) is 20.2. The van der Waals surface area contributed by atoms with E-state index in [-0.39, 0.29) is 16.5 Å². The number of oxime groups is 1. The van der Waals surface area contributed by atoms with Crippen molar-refractivity contribution in [3.63, 3.8) is 0 Å². The molecule has 6 heteroatoms. The first kappa shape index (κ1) is 9.58. The topological polar surface area (TPSA) is 73.1 Å². The maximum absolute atomic E-state index is 10.5. The third-order valence-corrected chi connectivity index (χ3v) is 3.50. The fourth-order valence-electron chi connectivity index (χ4n) is 2.39. The molecular formula is C8H11ClN2O3. The molecule has 0 unspecified atom stereocenters. The fraction of sp³-hybridized carbons (Fsp3) is 0.750. The van der Waals surface area contributed by atoms with Crippen molar-refractivity contribution in [2.75, 3.05) is 13.1 Å². The minimum Gasteiger partial charge on any atom is -0.465 e. The summed E-state index contributed by atoms with van der Waals surface area (Å²) in [6.45, 7) is 1.18. The Morgan fingerprint density at radius 2 is 2.07 bits per heavy atom. The molecule has 2 rings (SSSR count). The van der Waals surface area contributed by atoms with Crippen molar-refractivity contribution in [2.45, 2.75) is 12.8 Å². The molecule has 78 valence electrons. The van der Waals surface area contributed by atoms with Crippen LogP contribution in [0.25, 0.3) is 0 Å². The van der Waals surface area contributed by atoms with E-state index >= 15 is 0 Å². The Morgan fingerprint density at radius 3 is 2.50 bits per heavy atom. The predicted molar refractivity (Wildman–Crippen MR) is 49.8 cm³/mol. The Balaban J connectivity index is 1.82. The maximum Gasteiger partial charge on any atom is 0.407 e. The van der Waals surface area contributed by atoms with Crippen molar-refractivity contribution < 1.29 is 15.1 Å². The highest BCUT2D eigenvalue weighted by Gasteiger charge is 2.54. The van der Waals surface area contributed by atoms with Gasteiger partial charge in [-0.15, -0.1) is 0 Å². The van der Waals surface area contributed by atoms with Gasteiger partial charge >= 0.3 is 6.09 Å². The minimum atomic E-state index is -0.860. The predicted octanol–water partition coefficient (Wildman–Crippen LogP) is 1.40. The molecule has 1 amide bonds. The average molecular weight is 219 g/mol. The van der Waals surface area contributed by atoms with Crippen LogP contribution in [0, 0.1) is 11.3 Å². The molecule has 1 heterocycles. The lowest BCUT2D eigenvalue weighted by atomic mass is 9.58. The van der Waals surface area contributed by atoms with Gasteiger partial charge in [-0.25, -0.2) is 4.79 Å². The Labute approximate surface area is 85.9 Å². The average Bonchev–Trinajstić information content (AvgIpc) is 1.98. The summed E-state index contributed by atoms with van der Waals surface area (Å²) < 4.78 is 0. The summed E-state index contributed by atoms with van der Waals surface area (Å²) in [5.74, 6) is 0.123. The Morgan fingerprint density at radius 1 is 1.50 bits per heavy atom. The number of hydrogen-bond donors (Lipinski definition) is 2. The van der Waals surface area contributed by atoms with Gasteiger partial charge in [-0.1, -0.05) is 16.8 Å². The molecule has 1 aliphatic heterocycles. The highest BCUT2D eigenvalue weighted by atomic mass is 35.5. The molecule has 0 atom stereocenters. The van der Waals surface area contributed by atoms with Gasteiger partial charge in [0, 0.05) is 24.4 Å². The molecule has 0 bridgehead atoms. The second-order valence-electron chi connectivity index (χ2n) is 4.17. The number of nitrogens with zero attached hydrogens (tertiary/aromatic N) is 2. The molecule has 1 saturated carbocycles. The van der Waals surface area contributed by atoms with E-state index in [2.05, 4.69) is 5.16 Å². The van der Waals surface area contributed by atoms with Gasteiger partial charge in [0.25, 0.3) is 0 Å². The van der Waals surface area contributed by atoms with E-state index in [0.29, 0.717) is 13.1 Å². The van der Waals surface area contributed by atoms with Crippen LogP contribution >= 0.6 is 11.6 Å². The normalized spacial score (nSPS) is 25.8. The Hall–Kier alpha value is -0.970. The largest absolute Gasteiger partial charge is 0.465 e. The summed E-state index contributed by atoms with van der Waals surface area (Å²) in [6, 6.07) is 0. The van der Waals surface area contributed by atoms with E-state index in [1.165, 1.54) is 4.90 Å². The molecule has 0 aromatic rings. The summed E-state index contributed by atoms with van der Waals surface area (Å²) in [5.41, 5.74) is 0.119. The van der Waals surface area contributed by atoms with E-state index in [1.54, 1.807) is 0 Å². The molecule has 2 aliphatic rings. The van der Waals surface area contributed by atoms with Gasteiger partial charge in [-0.2, -0.15) is 0 Å². The highest BCUT2D eigenvalue weighted by Crippen LogP contribution is 2.52. The lowest BCUT2D eigenvalue weighted by molar-refractivity contribution is -0.0618. The van der Waals surface area contributed by atoms with Gasteiger partial charge in [0.1, 0.15) is 5.17 Å². The van der Waals surface area contributed by atoms with E-state index < -0.39 is 6.09 Å². The zero-order chi connectivity index (χ0) is 10.3. The maximum atomic E-state index is 10.5. The number of rotatable bonds is 1. The van der Waals surface area contributed by atoms with Crippen LogP contribution in [-0.4, -0.2) is 39.6 Å². The lowest BCUT2D eigenvalue weighted by Gasteiger charge is -2.57. The first-order chi connectivity index (χ1) is 6.56. The zero-order valence-corrected chi connectivity index (χ0v) is 8.24. The van der Waals surface area contributed by atoms with E-state index in [0.717, 1.165) is 12.8 Å². The second-order valence-corrected chi connectivity index (χ2v) is 4.55. The monoisotopic (exact) mass is 218 g/mol. The van der Waals surface area contributed by atoms with Crippen LogP contribution in [0.5, 0.6) is 0 Å². The van der Waals surface area contributed by atoms with Crippen molar-refractivity contribution in [1.29, 1.82) is 0 Å². The van der Waals surface area contributed by atoms with Crippen molar-refractivity contribution in [2.24, 2.45) is 16.5 Å². The number of halogens is 1. The smallest absolute Gasteiger partial charge is 0.407 e. The lowest BCUT2D eigenvalue weighted by Crippen LogP contribution is -2.64. The van der Waals surface area contributed by atoms with Gasteiger partial charge in [0.2, 0.25) is 0 Å². The standard InChI is InChI=1S/C8H11ClN2O3/c9-6(10-14)5-1-8(2-5)3-11(4-8)7(12)13/h5,14H,1-4H2,(H,12,13)/b10-6-. The van der Waals surface area contributed by atoms with E-state index in [9.17, 15) is 4.79 Å². The first-order valence-corrected chi connectivity index (χ1v) is 4.79. The minimum absolute atomic E-state index is 0.119. The van der Waals surface area contributed by atoms with Crippen LogP contribution in [-0.2, 0) is 0 Å². The summed E-state index contributed by atoms with van der Waals surface area (Å²) in [7, 11) is 0. The number of likely N-dealkylation sites (tertiary alicyclic amines) is 1. The molecule has 2 fully saturated rings. The molecule has 14 heavy (non-hydrogen) atoms. The molecule has 0 aromatic heterocycles. The Bertz CT molecular complexity index is 291. The van der Waals surface area contributed by atoms with Gasteiger partial charge in [0.05, 0.1) is 0 Å². The summed E-state index contributed by atoms with van der Waals surface area (Å²) >= 11 is 5.64. The summed E-state index contributed by atoms with van der Waals surface area (Å²) in [4.78, 5) is 11.9. The van der Waals surface area contributed by atoms with Gasteiger partial charge in [-0.3, -0.25) is 0 Å². The number of carboxylic acid groups (broad SMARTS) is 1. The van der Waals surface area contributed by atoms with Crippen molar-refractivity contribution in [1.82, 2.24) is 4.90 Å². The number of carbonyl (C=O) groups is 1. The first-order valence-electron chi connectivity index (χ1n) is 4.42. The molecule has 1 spiro atoms. The Kier molecular flexibility index (Phi) is 2.06.